The molecule has 0 aromatic carbocycles. The quantitative estimate of drug-likeness (QED) is 0.514. The molecule has 0 aliphatic rings. The van der Waals surface area contributed by atoms with E-state index in [0.29, 0.717) is 12.3 Å². The van der Waals surface area contributed by atoms with Crippen molar-refractivity contribution in [1.29, 1.82) is 0 Å². The van der Waals surface area contributed by atoms with Gasteiger partial charge >= 0.3 is 5.97 Å². The van der Waals surface area contributed by atoms with Crippen molar-refractivity contribution in [3.63, 3.8) is 0 Å². The van der Waals surface area contributed by atoms with E-state index >= 15 is 0 Å². The van der Waals surface area contributed by atoms with E-state index in [0.717, 1.165) is 12.8 Å². The summed E-state index contributed by atoms with van der Waals surface area (Å²) in [6, 6.07) is -0.464. The average molecular weight is 229 g/mol. The summed E-state index contributed by atoms with van der Waals surface area (Å²) in [5, 5.41) is 0. The molecule has 2 atom stereocenters. The molecule has 0 spiro atoms. The van der Waals surface area contributed by atoms with Crippen LogP contribution >= 0.6 is 0 Å². The lowest BCUT2D eigenvalue weighted by molar-refractivity contribution is -0.150. The molecule has 0 fully saturated rings. The van der Waals surface area contributed by atoms with Crippen LogP contribution in [0.4, 0.5) is 0 Å². The number of carbonyl (C=O) groups excluding carboxylic acids is 1. The van der Waals surface area contributed by atoms with Gasteiger partial charge in [-0.2, -0.15) is 0 Å². The number of hydrogen-bond acceptors (Lipinski definition) is 3. The molecular formula is C13H27NO2. The van der Waals surface area contributed by atoms with Gasteiger partial charge in [0.25, 0.3) is 0 Å². The highest BCUT2D eigenvalue weighted by Gasteiger charge is 2.18. The summed E-state index contributed by atoms with van der Waals surface area (Å²) in [4.78, 5) is 11.6. The van der Waals surface area contributed by atoms with Gasteiger partial charge in [-0.1, -0.05) is 33.6 Å². The van der Waals surface area contributed by atoms with Crippen LogP contribution in [0.3, 0.4) is 0 Å². The summed E-state index contributed by atoms with van der Waals surface area (Å²) in [6.07, 6.45) is 5.13. The summed E-state index contributed by atoms with van der Waals surface area (Å²) in [7, 11) is 0. The molecule has 0 radical (unpaired) electrons. The minimum Gasteiger partial charge on any atom is -0.462 e. The summed E-state index contributed by atoms with van der Waals surface area (Å²) in [5.41, 5.74) is 5.75. The lowest BCUT2D eigenvalue weighted by atomic mass is 10.0. The Hall–Kier alpha value is -0.570. The SMILES string of the molecule is CCCCCC(C)OC(=O)[C@@H](N)CC(C)C. The third-order valence-corrected chi connectivity index (χ3v) is 2.56. The minimum absolute atomic E-state index is 0.00253. The molecule has 0 heterocycles. The first kappa shape index (κ1) is 15.4. The monoisotopic (exact) mass is 229 g/mol. The predicted octanol–water partition coefficient (Wildman–Crippen LogP) is 2.87. The van der Waals surface area contributed by atoms with Gasteiger partial charge in [0.05, 0.1) is 6.10 Å². The molecule has 0 rings (SSSR count). The average Bonchev–Trinajstić information content (AvgIpc) is 2.16. The van der Waals surface area contributed by atoms with Crippen LogP contribution < -0.4 is 5.73 Å². The highest BCUT2D eigenvalue weighted by Crippen LogP contribution is 2.09. The fourth-order valence-corrected chi connectivity index (χ4v) is 1.63. The maximum absolute atomic E-state index is 11.6. The number of esters is 1. The number of rotatable bonds is 8. The highest BCUT2D eigenvalue weighted by molar-refractivity contribution is 5.75. The van der Waals surface area contributed by atoms with Crippen molar-refractivity contribution in [2.75, 3.05) is 0 Å². The van der Waals surface area contributed by atoms with Gasteiger partial charge in [-0.3, -0.25) is 4.79 Å². The van der Waals surface area contributed by atoms with Crippen LogP contribution in [0.2, 0.25) is 0 Å². The number of nitrogens with two attached hydrogens (primary N) is 1. The Morgan fingerprint density at radius 3 is 2.38 bits per heavy atom. The van der Waals surface area contributed by atoms with Crippen LogP contribution in [0.5, 0.6) is 0 Å². The van der Waals surface area contributed by atoms with Gasteiger partial charge in [-0.05, 0) is 32.1 Å². The second-order valence-electron chi connectivity index (χ2n) is 4.98. The van der Waals surface area contributed by atoms with E-state index in [1.165, 1.54) is 12.8 Å². The van der Waals surface area contributed by atoms with E-state index in [9.17, 15) is 4.79 Å². The zero-order valence-electron chi connectivity index (χ0n) is 11.2. The Bertz CT molecular complexity index is 192. The number of unbranched alkanes of at least 4 members (excludes halogenated alkanes) is 2. The molecule has 1 unspecified atom stereocenters. The third-order valence-electron chi connectivity index (χ3n) is 2.56. The molecule has 16 heavy (non-hydrogen) atoms. The lowest BCUT2D eigenvalue weighted by Crippen LogP contribution is -2.35. The van der Waals surface area contributed by atoms with E-state index in [4.69, 9.17) is 10.5 Å². The Kier molecular flexibility index (Phi) is 8.26. The van der Waals surface area contributed by atoms with Crippen LogP contribution in [0, 0.1) is 5.92 Å². The van der Waals surface area contributed by atoms with Crippen molar-refractivity contribution in [2.45, 2.75) is 71.9 Å². The predicted molar refractivity (Wildman–Crippen MR) is 67.1 cm³/mol. The molecule has 3 nitrogen and oxygen atoms in total. The second kappa shape index (κ2) is 8.57. The van der Waals surface area contributed by atoms with E-state index in [2.05, 4.69) is 20.8 Å². The Balaban J connectivity index is 3.76. The molecule has 3 heteroatoms. The van der Waals surface area contributed by atoms with Gasteiger partial charge < -0.3 is 10.5 Å². The Labute approximate surface area is 99.7 Å². The summed E-state index contributed by atoms with van der Waals surface area (Å²) < 4.78 is 5.30. The largest absolute Gasteiger partial charge is 0.462 e. The van der Waals surface area contributed by atoms with E-state index in [1.807, 2.05) is 6.92 Å². The first-order chi connectivity index (χ1) is 7.47. The molecule has 0 bridgehead atoms. The fourth-order valence-electron chi connectivity index (χ4n) is 1.63. The molecular weight excluding hydrogens is 202 g/mol. The van der Waals surface area contributed by atoms with Crippen molar-refractivity contribution in [3.8, 4) is 0 Å². The van der Waals surface area contributed by atoms with Gasteiger partial charge in [-0.15, -0.1) is 0 Å². The molecule has 0 aliphatic carbocycles. The normalized spacial score (nSPS) is 14.9. The van der Waals surface area contributed by atoms with Gasteiger partial charge in [0.15, 0.2) is 0 Å². The first-order valence-corrected chi connectivity index (χ1v) is 6.43. The fraction of sp³-hybridized carbons (Fsp3) is 0.923. The molecule has 0 aliphatic heterocycles. The van der Waals surface area contributed by atoms with Crippen molar-refractivity contribution in [3.05, 3.63) is 0 Å². The topological polar surface area (TPSA) is 52.3 Å². The summed E-state index contributed by atoms with van der Waals surface area (Å²) >= 11 is 0. The van der Waals surface area contributed by atoms with Crippen LogP contribution in [-0.4, -0.2) is 18.1 Å². The number of ether oxygens (including phenoxy) is 1. The van der Waals surface area contributed by atoms with Crippen LogP contribution in [0.1, 0.15) is 59.8 Å². The molecule has 0 saturated carbocycles. The van der Waals surface area contributed by atoms with Crippen molar-refractivity contribution >= 4 is 5.97 Å². The summed E-state index contributed by atoms with van der Waals surface area (Å²) in [6.45, 7) is 8.21. The molecule has 0 saturated heterocycles. The second-order valence-corrected chi connectivity index (χ2v) is 4.98. The van der Waals surface area contributed by atoms with Crippen molar-refractivity contribution < 1.29 is 9.53 Å². The minimum atomic E-state index is -0.464. The smallest absolute Gasteiger partial charge is 0.323 e. The van der Waals surface area contributed by atoms with Crippen molar-refractivity contribution in [2.24, 2.45) is 11.7 Å². The lowest BCUT2D eigenvalue weighted by Gasteiger charge is -2.17. The molecule has 0 aromatic rings. The van der Waals surface area contributed by atoms with Crippen LogP contribution in [0.25, 0.3) is 0 Å². The molecule has 0 aromatic heterocycles. The van der Waals surface area contributed by atoms with Gasteiger partial charge in [-0.25, -0.2) is 0 Å². The summed E-state index contributed by atoms with van der Waals surface area (Å²) in [5.74, 6) is 0.177. The van der Waals surface area contributed by atoms with Crippen molar-refractivity contribution in [1.82, 2.24) is 0 Å². The van der Waals surface area contributed by atoms with Gasteiger partial charge in [0, 0.05) is 0 Å². The number of carbonyl (C=O) groups is 1. The number of hydrogen-bond donors (Lipinski definition) is 1. The zero-order valence-corrected chi connectivity index (χ0v) is 11.2. The van der Waals surface area contributed by atoms with Crippen LogP contribution in [0.15, 0.2) is 0 Å². The van der Waals surface area contributed by atoms with Gasteiger partial charge in [0.2, 0.25) is 0 Å². The molecule has 2 N–H and O–H groups in total. The van der Waals surface area contributed by atoms with E-state index in [1.54, 1.807) is 0 Å². The first-order valence-electron chi connectivity index (χ1n) is 6.43. The van der Waals surface area contributed by atoms with Gasteiger partial charge in [0.1, 0.15) is 6.04 Å². The third kappa shape index (κ3) is 7.69. The van der Waals surface area contributed by atoms with E-state index < -0.39 is 6.04 Å². The Morgan fingerprint density at radius 1 is 1.25 bits per heavy atom. The standard InChI is InChI=1S/C13H27NO2/c1-5-6-7-8-11(4)16-13(15)12(14)9-10(2)3/h10-12H,5-9,14H2,1-4H3/t11?,12-/m0/s1. The maximum atomic E-state index is 11.6. The zero-order chi connectivity index (χ0) is 12.6. The van der Waals surface area contributed by atoms with Crippen LogP contribution in [-0.2, 0) is 9.53 Å². The van der Waals surface area contributed by atoms with E-state index in [-0.39, 0.29) is 12.1 Å². The maximum Gasteiger partial charge on any atom is 0.323 e. The molecule has 96 valence electrons. The Morgan fingerprint density at radius 2 is 1.88 bits per heavy atom. The highest BCUT2D eigenvalue weighted by atomic mass is 16.5. The molecule has 0 amide bonds.